The van der Waals surface area contributed by atoms with E-state index in [9.17, 15) is 4.79 Å². The summed E-state index contributed by atoms with van der Waals surface area (Å²) in [5, 5.41) is 0. The average Bonchev–Trinajstić information content (AvgIpc) is 2.40. The lowest BCUT2D eigenvalue weighted by atomic mass is 10.1. The normalized spacial score (nSPS) is 16.5. The Morgan fingerprint density at radius 1 is 1.50 bits per heavy atom. The van der Waals surface area contributed by atoms with E-state index < -0.39 is 6.09 Å². The lowest BCUT2D eigenvalue weighted by Crippen LogP contribution is -2.25. The molecule has 1 aliphatic rings. The molecule has 0 aromatic carbocycles. The second kappa shape index (κ2) is 7.57. The second-order valence-corrected chi connectivity index (χ2v) is 4.98. The van der Waals surface area contributed by atoms with Crippen molar-refractivity contribution in [2.45, 2.75) is 26.2 Å². The molecule has 0 atom stereocenters. The minimum absolute atomic E-state index is 0.238. The first kappa shape index (κ1) is 16.1. The lowest BCUT2D eigenvalue weighted by molar-refractivity contribution is 0.147. The molecule has 6 heteroatoms. The molecule has 0 aromatic heterocycles. The van der Waals surface area contributed by atoms with Crippen LogP contribution in [0.1, 0.15) is 26.2 Å². The molecular weight excluding hydrogens is 256 g/mol. The molecule has 0 aliphatic carbocycles. The van der Waals surface area contributed by atoms with Gasteiger partial charge in [0.25, 0.3) is 0 Å². The Balaban J connectivity index is 2.86. The molecule has 6 nitrogen and oxygen atoms in total. The summed E-state index contributed by atoms with van der Waals surface area (Å²) >= 11 is 0. The Hall–Kier alpha value is -1.98. The number of hydrogen-bond acceptors (Lipinski definition) is 5. The van der Waals surface area contributed by atoms with Crippen LogP contribution in [0.15, 0.2) is 28.3 Å². The van der Waals surface area contributed by atoms with Crippen molar-refractivity contribution in [3.8, 4) is 0 Å². The van der Waals surface area contributed by atoms with Gasteiger partial charge in [0.1, 0.15) is 0 Å². The van der Waals surface area contributed by atoms with Crippen molar-refractivity contribution < 1.29 is 9.53 Å². The fourth-order valence-corrected chi connectivity index (χ4v) is 1.70. The van der Waals surface area contributed by atoms with E-state index in [1.807, 2.05) is 13.2 Å². The molecule has 0 unspecified atom stereocenters. The average molecular weight is 280 g/mol. The summed E-state index contributed by atoms with van der Waals surface area (Å²) in [6.07, 6.45) is 6.08. The molecule has 20 heavy (non-hydrogen) atoms. The molecule has 0 radical (unpaired) electrons. The van der Waals surface area contributed by atoms with Crippen LogP contribution in [0.5, 0.6) is 0 Å². The third-order valence-corrected chi connectivity index (χ3v) is 2.86. The minimum Gasteiger partial charge on any atom is -0.406 e. The van der Waals surface area contributed by atoms with E-state index in [1.165, 1.54) is 4.90 Å². The largest absolute Gasteiger partial charge is 0.414 e. The van der Waals surface area contributed by atoms with Crippen LogP contribution in [-0.4, -0.2) is 49.8 Å². The van der Waals surface area contributed by atoms with Crippen LogP contribution in [0, 0.1) is 0 Å². The zero-order chi connectivity index (χ0) is 15.1. The summed E-state index contributed by atoms with van der Waals surface area (Å²) in [4.78, 5) is 19.1. The molecule has 1 heterocycles. The Kier molecular flexibility index (Phi) is 6.09. The summed E-state index contributed by atoms with van der Waals surface area (Å²) in [6.45, 7) is 3.10. The SMILES string of the molecule is CCCCN(C)C=C1CC=NC(N)=C1OC(=O)N(C)C. The molecule has 2 N–H and O–H groups in total. The highest BCUT2D eigenvalue weighted by molar-refractivity contribution is 5.72. The van der Waals surface area contributed by atoms with Crippen LogP contribution in [0.4, 0.5) is 4.79 Å². The van der Waals surface area contributed by atoms with Crippen LogP contribution in [0.25, 0.3) is 0 Å². The molecule has 1 rings (SSSR count). The Morgan fingerprint density at radius 3 is 2.80 bits per heavy atom. The Bertz CT molecular complexity index is 438. The predicted octanol–water partition coefficient (Wildman–Crippen LogP) is 1.90. The molecule has 0 saturated heterocycles. The van der Waals surface area contributed by atoms with E-state index in [0.717, 1.165) is 25.0 Å². The second-order valence-electron chi connectivity index (χ2n) is 4.98. The van der Waals surface area contributed by atoms with Crippen LogP contribution in [0.2, 0.25) is 0 Å². The van der Waals surface area contributed by atoms with E-state index in [-0.39, 0.29) is 5.82 Å². The first-order valence-corrected chi connectivity index (χ1v) is 6.78. The maximum absolute atomic E-state index is 11.7. The Morgan fingerprint density at radius 2 is 2.20 bits per heavy atom. The third kappa shape index (κ3) is 4.60. The van der Waals surface area contributed by atoms with Crippen molar-refractivity contribution in [3.63, 3.8) is 0 Å². The number of nitrogens with zero attached hydrogens (tertiary/aromatic N) is 3. The van der Waals surface area contributed by atoms with Crippen molar-refractivity contribution in [1.29, 1.82) is 0 Å². The third-order valence-electron chi connectivity index (χ3n) is 2.86. The van der Waals surface area contributed by atoms with Crippen LogP contribution in [-0.2, 0) is 4.74 Å². The van der Waals surface area contributed by atoms with Crippen LogP contribution >= 0.6 is 0 Å². The van der Waals surface area contributed by atoms with Gasteiger partial charge in [-0.3, -0.25) is 0 Å². The smallest absolute Gasteiger partial charge is 0.406 e. The number of nitrogens with two attached hydrogens (primary N) is 1. The minimum atomic E-state index is -0.456. The van der Waals surface area contributed by atoms with Gasteiger partial charge in [0, 0.05) is 52.1 Å². The molecule has 0 fully saturated rings. The number of rotatable bonds is 5. The molecule has 0 spiro atoms. The topological polar surface area (TPSA) is 71.2 Å². The number of carbonyl (C=O) groups is 1. The van der Waals surface area contributed by atoms with Crippen molar-refractivity contribution in [1.82, 2.24) is 9.80 Å². The number of carbonyl (C=O) groups excluding carboxylic acids is 1. The van der Waals surface area contributed by atoms with Gasteiger partial charge in [-0.05, 0) is 6.42 Å². The van der Waals surface area contributed by atoms with Gasteiger partial charge < -0.3 is 20.3 Å². The van der Waals surface area contributed by atoms with Crippen molar-refractivity contribution in [2.24, 2.45) is 10.7 Å². The molecular formula is C14H24N4O2. The highest BCUT2D eigenvalue weighted by atomic mass is 16.6. The van der Waals surface area contributed by atoms with Gasteiger partial charge in [0.15, 0.2) is 11.6 Å². The van der Waals surface area contributed by atoms with Gasteiger partial charge in [-0.2, -0.15) is 0 Å². The first-order valence-electron chi connectivity index (χ1n) is 6.78. The standard InChI is InChI=1S/C14H24N4O2/c1-5-6-9-18(4)10-11-7-8-16-13(15)12(11)20-14(19)17(2)3/h8,10H,5-7,9,15H2,1-4H3. The Labute approximate surface area is 120 Å². The highest BCUT2D eigenvalue weighted by Crippen LogP contribution is 2.22. The predicted molar refractivity (Wildman–Crippen MR) is 80.1 cm³/mol. The monoisotopic (exact) mass is 280 g/mol. The lowest BCUT2D eigenvalue weighted by Gasteiger charge is -2.21. The van der Waals surface area contributed by atoms with E-state index in [0.29, 0.717) is 12.2 Å². The zero-order valence-corrected chi connectivity index (χ0v) is 12.7. The van der Waals surface area contributed by atoms with Gasteiger partial charge in [-0.1, -0.05) is 13.3 Å². The van der Waals surface area contributed by atoms with Crippen molar-refractivity contribution in [3.05, 3.63) is 23.4 Å². The van der Waals surface area contributed by atoms with E-state index in [2.05, 4.69) is 16.8 Å². The number of unbranched alkanes of at least 4 members (excludes halogenated alkanes) is 1. The number of amides is 1. The quantitative estimate of drug-likeness (QED) is 0.835. The van der Waals surface area contributed by atoms with E-state index >= 15 is 0 Å². The first-order chi connectivity index (χ1) is 9.45. The van der Waals surface area contributed by atoms with E-state index in [1.54, 1.807) is 20.3 Å². The van der Waals surface area contributed by atoms with Gasteiger partial charge >= 0.3 is 6.09 Å². The molecule has 0 saturated carbocycles. The molecule has 0 bridgehead atoms. The van der Waals surface area contributed by atoms with Gasteiger partial charge in [0.2, 0.25) is 0 Å². The fraction of sp³-hybridized carbons (Fsp3) is 0.571. The van der Waals surface area contributed by atoms with Crippen LogP contribution < -0.4 is 5.73 Å². The summed E-state index contributed by atoms with van der Waals surface area (Å²) in [6, 6.07) is 0. The maximum Gasteiger partial charge on any atom is 0.414 e. The number of hydrogen-bond donors (Lipinski definition) is 1. The summed E-state index contributed by atoms with van der Waals surface area (Å²) in [5.74, 6) is 0.594. The number of aliphatic imine (C=N–C) groups is 1. The van der Waals surface area contributed by atoms with Crippen molar-refractivity contribution >= 4 is 12.3 Å². The summed E-state index contributed by atoms with van der Waals surface area (Å²) in [5.41, 5.74) is 6.69. The molecule has 112 valence electrons. The fourth-order valence-electron chi connectivity index (χ4n) is 1.70. The highest BCUT2D eigenvalue weighted by Gasteiger charge is 2.19. The van der Waals surface area contributed by atoms with Gasteiger partial charge in [0.05, 0.1) is 0 Å². The number of ether oxygens (including phenoxy) is 1. The summed E-state index contributed by atoms with van der Waals surface area (Å²) in [7, 11) is 5.25. The van der Waals surface area contributed by atoms with Crippen LogP contribution in [0.3, 0.4) is 0 Å². The molecule has 1 amide bonds. The van der Waals surface area contributed by atoms with Gasteiger partial charge in [-0.15, -0.1) is 0 Å². The molecule has 1 aliphatic heterocycles. The summed E-state index contributed by atoms with van der Waals surface area (Å²) < 4.78 is 5.32. The van der Waals surface area contributed by atoms with Crippen molar-refractivity contribution in [2.75, 3.05) is 27.7 Å². The maximum atomic E-state index is 11.7. The molecule has 0 aromatic rings. The number of allylic oxidation sites excluding steroid dienone is 1. The zero-order valence-electron chi connectivity index (χ0n) is 12.7. The van der Waals surface area contributed by atoms with Gasteiger partial charge in [-0.25, -0.2) is 9.79 Å². The van der Waals surface area contributed by atoms with E-state index in [4.69, 9.17) is 10.5 Å².